The number of benzene rings is 1. The summed E-state index contributed by atoms with van der Waals surface area (Å²) in [6.07, 6.45) is 5.23. The lowest BCUT2D eigenvalue weighted by Gasteiger charge is -2.12. The maximum atomic E-state index is 11.8. The summed E-state index contributed by atoms with van der Waals surface area (Å²) in [5.41, 5.74) is 3.20. The fourth-order valence-corrected chi connectivity index (χ4v) is 2.06. The third kappa shape index (κ3) is 5.81. The quantitative estimate of drug-likeness (QED) is 0.758. The van der Waals surface area contributed by atoms with Gasteiger partial charge in [-0.05, 0) is 37.5 Å². The third-order valence-corrected chi connectivity index (χ3v) is 3.30. The smallest absolute Gasteiger partial charge is 0.326 e. The Balaban J connectivity index is 2.66. The molecule has 0 heterocycles. The van der Waals surface area contributed by atoms with E-state index in [1.165, 1.54) is 11.6 Å². The first-order valence-electron chi connectivity index (χ1n) is 7.22. The highest BCUT2D eigenvalue weighted by Gasteiger charge is 2.17. The molecule has 0 spiro atoms. The van der Waals surface area contributed by atoms with Crippen LogP contribution in [0, 0.1) is 13.8 Å². The van der Waals surface area contributed by atoms with Crippen molar-refractivity contribution in [1.82, 2.24) is 5.32 Å². The van der Waals surface area contributed by atoms with Crippen molar-refractivity contribution in [2.75, 3.05) is 0 Å². The topological polar surface area (TPSA) is 66.4 Å². The maximum absolute atomic E-state index is 11.8. The summed E-state index contributed by atoms with van der Waals surface area (Å²) in [5, 5.41) is 11.6. The number of nitrogens with one attached hydrogen (secondary N) is 1. The Morgan fingerprint density at radius 3 is 2.62 bits per heavy atom. The molecule has 1 atom stereocenters. The normalized spacial score (nSPS) is 12.3. The van der Waals surface area contributed by atoms with Gasteiger partial charge in [0.15, 0.2) is 0 Å². The first-order chi connectivity index (χ1) is 9.93. The molecule has 1 aromatic rings. The Morgan fingerprint density at radius 1 is 1.33 bits per heavy atom. The number of carbonyl (C=O) groups is 2. The molecule has 0 aliphatic heterocycles. The van der Waals surface area contributed by atoms with Gasteiger partial charge < -0.3 is 10.4 Å². The third-order valence-electron chi connectivity index (χ3n) is 3.30. The largest absolute Gasteiger partial charge is 0.480 e. The van der Waals surface area contributed by atoms with Crippen LogP contribution in [0.15, 0.2) is 24.3 Å². The molecule has 0 saturated carbocycles. The zero-order valence-corrected chi connectivity index (χ0v) is 12.8. The summed E-state index contributed by atoms with van der Waals surface area (Å²) < 4.78 is 0. The zero-order chi connectivity index (χ0) is 15.8. The lowest BCUT2D eigenvalue weighted by molar-refractivity contribution is -0.141. The van der Waals surface area contributed by atoms with Crippen molar-refractivity contribution in [1.29, 1.82) is 0 Å². The molecule has 0 aromatic heterocycles. The number of aliphatic carboxylic acids is 1. The average molecular weight is 289 g/mol. The summed E-state index contributed by atoms with van der Waals surface area (Å²) in [4.78, 5) is 22.9. The predicted octanol–water partition coefficient (Wildman–Crippen LogP) is 3.08. The van der Waals surface area contributed by atoms with Crippen LogP contribution in [0.1, 0.15) is 42.9 Å². The van der Waals surface area contributed by atoms with Crippen molar-refractivity contribution in [2.24, 2.45) is 0 Å². The number of rotatable bonds is 7. The number of hydrogen-bond acceptors (Lipinski definition) is 2. The van der Waals surface area contributed by atoms with Crippen LogP contribution in [0.5, 0.6) is 0 Å². The molecule has 1 aromatic carbocycles. The van der Waals surface area contributed by atoms with Crippen LogP contribution < -0.4 is 5.32 Å². The summed E-state index contributed by atoms with van der Waals surface area (Å²) in [5.74, 6) is -1.37. The van der Waals surface area contributed by atoms with Crippen LogP contribution in [-0.2, 0) is 9.59 Å². The van der Waals surface area contributed by atoms with Gasteiger partial charge in [0.2, 0.25) is 5.91 Å². The van der Waals surface area contributed by atoms with E-state index in [0.29, 0.717) is 6.42 Å². The van der Waals surface area contributed by atoms with Crippen LogP contribution in [0.4, 0.5) is 0 Å². The lowest BCUT2D eigenvalue weighted by Crippen LogP contribution is -2.39. The molecule has 1 unspecified atom stereocenters. The number of unbranched alkanes of at least 4 members (excludes halogenated alkanes) is 1. The molecule has 0 saturated heterocycles. The van der Waals surface area contributed by atoms with Crippen LogP contribution in [-0.4, -0.2) is 23.0 Å². The summed E-state index contributed by atoms with van der Waals surface area (Å²) in [6.45, 7) is 5.98. The number of aryl methyl sites for hydroxylation is 2. The molecule has 0 aliphatic carbocycles. The van der Waals surface area contributed by atoms with E-state index in [2.05, 4.69) is 5.32 Å². The Hall–Kier alpha value is -2.10. The van der Waals surface area contributed by atoms with Gasteiger partial charge in [-0.3, -0.25) is 4.79 Å². The highest BCUT2D eigenvalue weighted by molar-refractivity contribution is 5.94. The van der Waals surface area contributed by atoms with Crippen molar-refractivity contribution in [3.05, 3.63) is 41.0 Å². The SMILES string of the molecule is CCCCC(NC(=O)/C=C/c1ccc(C)cc1C)C(=O)O. The van der Waals surface area contributed by atoms with Gasteiger partial charge in [-0.15, -0.1) is 0 Å². The van der Waals surface area contributed by atoms with Crippen LogP contribution in [0.25, 0.3) is 6.08 Å². The van der Waals surface area contributed by atoms with E-state index in [1.807, 2.05) is 39.0 Å². The number of amides is 1. The van der Waals surface area contributed by atoms with Crippen LogP contribution in [0.2, 0.25) is 0 Å². The van der Waals surface area contributed by atoms with Crippen molar-refractivity contribution >= 4 is 18.0 Å². The molecule has 1 amide bonds. The molecule has 4 heteroatoms. The Morgan fingerprint density at radius 2 is 2.05 bits per heavy atom. The summed E-state index contributed by atoms with van der Waals surface area (Å²) in [7, 11) is 0. The Kier molecular flexibility index (Phi) is 6.66. The van der Waals surface area contributed by atoms with Gasteiger partial charge in [0.1, 0.15) is 6.04 Å². The molecule has 0 fully saturated rings. The number of carboxylic acids is 1. The Bertz CT molecular complexity index is 535. The molecule has 0 bridgehead atoms. The van der Waals surface area contributed by atoms with Gasteiger partial charge in [-0.2, -0.15) is 0 Å². The highest BCUT2D eigenvalue weighted by atomic mass is 16.4. The minimum Gasteiger partial charge on any atom is -0.480 e. The van der Waals surface area contributed by atoms with E-state index in [9.17, 15) is 9.59 Å². The summed E-state index contributed by atoms with van der Waals surface area (Å²) in [6, 6.07) is 5.14. The van der Waals surface area contributed by atoms with Crippen LogP contribution >= 0.6 is 0 Å². The molecule has 4 nitrogen and oxygen atoms in total. The van der Waals surface area contributed by atoms with Gasteiger partial charge in [-0.25, -0.2) is 4.79 Å². The van der Waals surface area contributed by atoms with E-state index in [1.54, 1.807) is 6.08 Å². The lowest BCUT2D eigenvalue weighted by atomic mass is 10.1. The second-order valence-corrected chi connectivity index (χ2v) is 5.24. The standard InChI is InChI=1S/C17H23NO3/c1-4-5-6-15(17(20)21)18-16(19)10-9-14-8-7-12(2)11-13(14)3/h7-11,15H,4-6H2,1-3H3,(H,18,19)(H,20,21)/b10-9+. The molecule has 114 valence electrons. The van der Waals surface area contributed by atoms with Gasteiger partial charge in [0.25, 0.3) is 0 Å². The van der Waals surface area contributed by atoms with Gasteiger partial charge >= 0.3 is 5.97 Å². The molecule has 0 aliphatic rings. The first kappa shape index (κ1) is 17.0. The van der Waals surface area contributed by atoms with E-state index in [-0.39, 0.29) is 5.91 Å². The molecule has 2 N–H and O–H groups in total. The highest BCUT2D eigenvalue weighted by Crippen LogP contribution is 2.12. The Labute approximate surface area is 125 Å². The second-order valence-electron chi connectivity index (χ2n) is 5.24. The first-order valence-corrected chi connectivity index (χ1v) is 7.22. The van der Waals surface area contributed by atoms with E-state index in [4.69, 9.17) is 5.11 Å². The predicted molar refractivity (Wildman–Crippen MR) is 84.0 cm³/mol. The molecular weight excluding hydrogens is 266 g/mol. The van der Waals surface area contributed by atoms with Crippen molar-refractivity contribution in [2.45, 2.75) is 46.1 Å². The van der Waals surface area contributed by atoms with E-state index >= 15 is 0 Å². The van der Waals surface area contributed by atoms with Crippen LogP contribution in [0.3, 0.4) is 0 Å². The zero-order valence-electron chi connectivity index (χ0n) is 12.8. The maximum Gasteiger partial charge on any atom is 0.326 e. The van der Waals surface area contributed by atoms with Crippen molar-refractivity contribution in [3.63, 3.8) is 0 Å². The number of carbonyl (C=O) groups excluding carboxylic acids is 1. The minimum absolute atomic E-state index is 0.376. The minimum atomic E-state index is -0.989. The number of carboxylic acid groups (broad SMARTS) is 1. The average Bonchev–Trinajstić information content (AvgIpc) is 2.42. The fourth-order valence-electron chi connectivity index (χ4n) is 2.06. The number of hydrogen-bond donors (Lipinski definition) is 2. The molecule has 1 rings (SSSR count). The van der Waals surface area contributed by atoms with Gasteiger partial charge in [-0.1, -0.05) is 43.5 Å². The second kappa shape index (κ2) is 8.25. The van der Waals surface area contributed by atoms with Gasteiger partial charge in [0.05, 0.1) is 0 Å². The molecular formula is C17H23NO3. The molecule has 0 radical (unpaired) electrons. The fraction of sp³-hybridized carbons (Fsp3) is 0.412. The van der Waals surface area contributed by atoms with Crippen molar-refractivity contribution in [3.8, 4) is 0 Å². The van der Waals surface area contributed by atoms with Crippen molar-refractivity contribution < 1.29 is 14.7 Å². The van der Waals surface area contributed by atoms with Gasteiger partial charge in [0, 0.05) is 6.08 Å². The van der Waals surface area contributed by atoms with E-state index < -0.39 is 12.0 Å². The molecule has 21 heavy (non-hydrogen) atoms. The monoisotopic (exact) mass is 289 g/mol. The summed E-state index contributed by atoms with van der Waals surface area (Å²) >= 11 is 0. The van der Waals surface area contributed by atoms with E-state index in [0.717, 1.165) is 24.0 Å².